The molecule has 0 spiro atoms. The zero-order chi connectivity index (χ0) is 16.1. The largest absolute Gasteiger partial charge is 0.342 e. The molecule has 0 radical (unpaired) electrons. The van der Waals surface area contributed by atoms with E-state index in [9.17, 15) is 9.59 Å². The minimum atomic E-state index is 0.0162. The molecule has 4 nitrogen and oxygen atoms in total. The second kappa shape index (κ2) is 7.62. The summed E-state index contributed by atoms with van der Waals surface area (Å²) in [6, 6.07) is 10.4. The third-order valence-corrected chi connectivity index (χ3v) is 5.00. The van der Waals surface area contributed by atoms with Crippen LogP contribution in [0.2, 0.25) is 0 Å². The van der Waals surface area contributed by atoms with Crippen LogP contribution in [0.25, 0.3) is 0 Å². The Morgan fingerprint density at radius 1 is 1.13 bits per heavy atom. The molecule has 0 aliphatic carbocycles. The van der Waals surface area contributed by atoms with E-state index >= 15 is 0 Å². The van der Waals surface area contributed by atoms with Gasteiger partial charge in [-0.25, -0.2) is 0 Å². The van der Waals surface area contributed by atoms with E-state index in [0.717, 1.165) is 51.7 Å². The Bertz CT molecular complexity index is 538. The average Bonchev–Trinajstić information content (AvgIpc) is 3.11. The maximum absolute atomic E-state index is 12.5. The normalized spacial score (nSPS) is 21.7. The molecule has 4 heteroatoms. The Hall–Kier alpha value is -1.84. The number of rotatable bonds is 5. The van der Waals surface area contributed by atoms with Crippen LogP contribution in [-0.2, 0) is 16.0 Å². The van der Waals surface area contributed by atoms with Crippen LogP contribution < -0.4 is 0 Å². The van der Waals surface area contributed by atoms with E-state index in [4.69, 9.17) is 0 Å². The van der Waals surface area contributed by atoms with Gasteiger partial charge in [0.1, 0.15) is 0 Å². The van der Waals surface area contributed by atoms with Gasteiger partial charge in [0.2, 0.25) is 11.8 Å². The number of amides is 2. The van der Waals surface area contributed by atoms with Gasteiger partial charge in [-0.2, -0.15) is 0 Å². The molecule has 1 aromatic carbocycles. The van der Waals surface area contributed by atoms with Crippen molar-refractivity contribution in [2.24, 2.45) is 5.92 Å². The van der Waals surface area contributed by atoms with Crippen molar-refractivity contribution in [1.82, 2.24) is 9.80 Å². The van der Waals surface area contributed by atoms with Gasteiger partial charge < -0.3 is 9.80 Å². The molecule has 2 aliphatic heterocycles. The first kappa shape index (κ1) is 16.0. The maximum Gasteiger partial charge on any atom is 0.227 e. The Kier molecular flexibility index (Phi) is 5.31. The quantitative estimate of drug-likeness (QED) is 0.838. The smallest absolute Gasteiger partial charge is 0.227 e. The first-order valence-electron chi connectivity index (χ1n) is 8.84. The Balaban J connectivity index is 1.49. The van der Waals surface area contributed by atoms with Crippen molar-refractivity contribution >= 4 is 11.8 Å². The lowest BCUT2D eigenvalue weighted by Crippen LogP contribution is -2.46. The highest BCUT2D eigenvalue weighted by Gasteiger charge is 2.33. The van der Waals surface area contributed by atoms with Gasteiger partial charge in [-0.15, -0.1) is 0 Å². The molecule has 0 saturated carbocycles. The lowest BCUT2D eigenvalue weighted by Gasteiger charge is -2.33. The van der Waals surface area contributed by atoms with Crippen molar-refractivity contribution in [2.75, 3.05) is 26.2 Å². The number of likely N-dealkylation sites (tertiary alicyclic amines) is 2. The number of benzene rings is 1. The second-order valence-electron chi connectivity index (χ2n) is 6.70. The van der Waals surface area contributed by atoms with Gasteiger partial charge in [0, 0.05) is 32.6 Å². The summed E-state index contributed by atoms with van der Waals surface area (Å²) < 4.78 is 0. The molecular weight excluding hydrogens is 288 g/mol. The van der Waals surface area contributed by atoms with Crippen LogP contribution >= 0.6 is 0 Å². The molecular formula is C19H26N2O2. The van der Waals surface area contributed by atoms with E-state index in [1.165, 1.54) is 5.56 Å². The predicted octanol–water partition coefficient (Wildman–Crippen LogP) is 2.48. The molecule has 2 fully saturated rings. The number of carbonyl (C=O) groups excluding carboxylic acids is 2. The number of nitrogens with zero attached hydrogens (tertiary/aromatic N) is 2. The van der Waals surface area contributed by atoms with Crippen LogP contribution in [0, 0.1) is 5.92 Å². The van der Waals surface area contributed by atoms with Gasteiger partial charge in [-0.3, -0.25) is 9.59 Å². The molecule has 124 valence electrons. The fourth-order valence-electron chi connectivity index (χ4n) is 3.65. The van der Waals surface area contributed by atoms with Gasteiger partial charge in [0.05, 0.1) is 5.92 Å². The van der Waals surface area contributed by atoms with Crippen molar-refractivity contribution in [3.63, 3.8) is 0 Å². The van der Waals surface area contributed by atoms with Gasteiger partial charge in [0.15, 0.2) is 0 Å². The molecule has 3 rings (SSSR count). The highest BCUT2D eigenvalue weighted by atomic mass is 16.2. The van der Waals surface area contributed by atoms with E-state index < -0.39 is 0 Å². The van der Waals surface area contributed by atoms with Crippen molar-refractivity contribution in [2.45, 2.75) is 38.5 Å². The van der Waals surface area contributed by atoms with Gasteiger partial charge in [-0.05, 0) is 37.7 Å². The number of aryl methyl sites for hydroxylation is 1. The Morgan fingerprint density at radius 3 is 2.61 bits per heavy atom. The zero-order valence-electron chi connectivity index (χ0n) is 13.7. The minimum Gasteiger partial charge on any atom is -0.342 e. The monoisotopic (exact) mass is 314 g/mol. The van der Waals surface area contributed by atoms with Gasteiger partial charge >= 0.3 is 0 Å². The van der Waals surface area contributed by atoms with E-state index in [0.29, 0.717) is 13.0 Å². The van der Waals surface area contributed by atoms with E-state index in [2.05, 4.69) is 12.1 Å². The summed E-state index contributed by atoms with van der Waals surface area (Å²) in [5, 5.41) is 0. The molecule has 2 saturated heterocycles. The molecule has 2 amide bonds. The van der Waals surface area contributed by atoms with Crippen molar-refractivity contribution in [3.8, 4) is 0 Å². The standard InChI is InChI=1S/C19H26N2O2/c22-18-11-10-17(19(23)20-12-4-5-13-20)15-21(18)14-6-9-16-7-2-1-3-8-16/h1-3,7-8,17H,4-6,9-15H2/t17-/m1/s1. The lowest BCUT2D eigenvalue weighted by atomic mass is 9.95. The highest BCUT2D eigenvalue weighted by molar-refractivity contribution is 5.84. The topological polar surface area (TPSA) is 40.6 Å². The Morgan fingerprint density at radius 2 is 1.87 bits per heavy atom. The van der Waals surface area contributed by atoms with Crippen LogP contribution in [0.4, 0.5) is 0 Å². The van der Waals surface area contributed by atoms with Crippen molar-refractivity contribution in [3.05, 3.63) is 35.9 Å². The summed E-state index contributed by atoms with van der Waals surface area (Å²) in [6.45, 7) is 3.18. The summed E-state index contributed by atoms with van der Waals surface area (Å²) >= 11 is 0. The third kappa shape index (κ3) is 4.12. The van der Waals surface area contributed by atoms with Crippen LogP contribution in [0.5, 0.6) is 0 Å². The third-order valence-electron chi connectivity index (χ3n) is 5.00. The molecule has 0 unspecified atom stereocenters. The maximum atomic E-state index is 12.5. The molecule has 23 heavy (non-hydrogen) atoms. The van der Waals surface area contributed by atoms with Crippen LogP contribution in [0.3, 0.4) is 0 Å². The van der Waals surface area contributed by atoms with Gasteiger partial charge in [0.25, 0.3) is 0 Å². The molecule has 1 aromatic rings. The van der Waals surface area contributed by atoms with Gasteiger partial charge in [-0.1, -0.05) is 30.3 Å². The fourth-order valence-corrected chi connectivity index (χ4v) is 3.65. The number of carbonyl (C=O) groups is 2. The van der Waals surface area contributed by atoms with E-state index in [1.54, 1.807) is 0 Å². The molecule has 2 aliphatic rings. The van der Waals surface area contributed by atoms with Crippen molar-refractivity contribution in [1.29, 1.82) is 0 Å². The predicted molar refractivity (Wildman–Crippen MR) is 89.9 cm³/mol. The summed E-state index contributed by atoms with van der Waals surface area (Å²) in [5.41, 5.74) is 1.31. The zero-order valence-corrected chi connectivity index (χ0v) is 13.7. The molecule has 2 heterocycles. The number of hydrogen-bond acceptors (Lipinski definition) is 2. The van der Waals surface area contributed by atoms with E-state index in [-0.39, 0.29) is 17.7 Å². The molecule has 1 atom stereocenters. The van der Waals surface area contributed by atoms with Crippen LogP contribution in [0.15, 0.2) is 30.3 Å². The summed E-state index contributed by atoms with van der Waals surface area (Å²) in [7, 11) is 0. The second-order valence-corrected chi connectivity index (χ2v) is 6.70. The number of piperidine rings is 1. The molecule has 0 N–H and O–H groups in total. The Labute approximate surface area is 138 Å². The first-order chi connectivity index (χ1) is 11.2. The minimum absolute atomic E-state index is 0.0162. The van der Waals surface area contributed by atoms with Crippen molar-refractivity contribution < 1.29 is 9.59 Å². The van der Waals surface area contributed by atoms with Crippen LogP contribution in [-0.4, -0.2) is 47.8 Å². The SMILES string of the molecule is O=C1CC[C@@H](C(=O)N2CCCC2)CN1CCCc1ccccc1. The first-order valence-corrected chi connectivity index (χ1v) is 8.84. The summed E-state index contributed by atoms with van der Waals surface area (Å²) in [5.74, 6) is 0.495. The number of hydrogen-bond donors (Lipinski definition) is 0. The average molecular weight is 314 g/mol. The van der Waals surface area contributed by atoms with E-state index in [1.807, 2.05) is 28.0 Å². The lowest BCUT2D eigenvalue weighted by molar-refractivity contribution is -0.142. The fraction of sp³-hybridized carbons (Fsp3) is 0.579. The summed E-state index contributed by atoms with van der Waals surface area (Å²) in [4.78, 5) is 28.6. The molecule has 0 bridgehead atoms. The highest BCUT2D eigenvalue weighted by Crippen LogP contribution is 2.22. The summed E-state index contributed by atoms with van der Waals surface area (Å²) in [6.07, 6.45) is 5.44. The van der Waals surface area contributed by atoms with Crippen LogP contribution in [0.1, 0.15) is 37.7 Å². The molecule has 0 aromatic heterocycles.